The molecular weight excluding hydrogens is 872 g/mol. The van der Waals surface area contributed by atoms with Gasteiger partial charge in [-0.25, -0.2) is 0 Å². The van der Waals surface area contributed by atoms with Gasteiger partial charge in [-0.3, -0.25) is 0 Å². The number of rotatable bonds is 3. The summed E-state index contributed by atoms with van der Waals surface area (Å²) in [5.41, 5.74) is 26.2. The molecule has 0 radical (unpaired) electrons. The van der Waals surface area contributed by atoms with E-state index < -0.39 is 0 Å². The average Bonchev–Trinajstić information content (AvgIpc) is 3.84. The lowest BCUT2D eigenvalue weighted by atomic mass is 9.43. The third-order valence-corrected chi connectivity index (χ3v) is 17.8. The molecule has 0 atom stereocenters. The minimum Gasteiger partial charge on any atom is -0.456 e. The first kappa shape index (κ1) is 43.5. The summed E-state index contributed by atoms with van der Waals surface area (Å²) in [6.45, 7) is 23.6. The van der Waals surface area contributed by atoms with Crippen LogP contribution in [0.25, 0.3) is 66.1 Å². The number of hydrogen-bond acceptors (Lipinski definition) is 3. The van der Waals surface area contributed by atoms with Crippen molar-refractivity contribution in [1.29, 1.82) is 0 Å². The maximum absolute atomic E-state index is 7.19. The van der Waals surface area contributed by atoms with E-state index in [0.29, 0.717) is 0 Å². The third-order valence-electron chi connectivity index (χ3n) is 17.8. The van der Waals surface area contributed by atoms with E-state index in [1.807, 2.05) is 0 Å². The summed E-state index contributed by atoms with van der Waals surface area (Å²) in [5, 5.41) is 4.87. The molecule has 10 aromatic rings. The topological polar surface area (TPSA) is 19.6 Å². The molecule has 1 aromatic heterocycles. The summed E-state index contributed by atoms with van der Waals surface area (Å²) in [5.74, 6) is 0. The van der Waals surface area contributed by atoms with E-state index in [-0.39, 0.29) is 28.5 Å². The van der Waals surface area contributed by atoms with Gasteiger partial charge < -0.3 is 14.1 Å². The zero-order valence-corrected chi connectivity index (χ0v) is 43.4. The Labute approximate surface area is 425 Å². The maximum atomic E-state index is 7.19. The van der Waals surface area contributed by atoms with E-state index >= 15 is 0 Å². The molecule has 0 bridgehead atoms. The first-order valence-corrected chi connectivity index (χ1v) is 26.2. The van der Waals surface area contributed by atoms with Crippen LogP contribution in [0.1, 0.15) is 109 Å². The lowest BCUT2D eigenvalue weighted by Crippen LogP contribution is -2.61. The van der Waals surface area contributed by atoms with E-state index in [9.17, 15) is 0 Å². The molecule has 2 aliphatic heterocycles. The number of fused-ring (bicyclic) bond motifs is 13. The van der Waals surface area contributed by atoms with Crippen LogP contribution < -0.4 is 20.6 Å². The summed E-state index contributed by atoms with van der Waals surface area (Å²) >= 11 is 0. The zero-order valence-electron chi connectivity index (χ0n) is 43.4. The lowest BCUT2D eigenvalue weighted by Gasteiger charge is -2.46. The third kappa shape index (κ3) is 6.05. The number of furan rings is 1. The summed E-state index contributed by atoms with van der Waals surface area (Å²) in [4.78, 5) is 5.31. The standard InChI is InChI=1S/C68H61BN2O/c1-40-32-44(65(2,3)4)25-29-57(40)70-59-39-62-50(49-36-54-55(38-61(49)72-62)67(7,8)31-30-66(54,5)6)37-56(59)69-64-51(33-43(34-60(64)70)41-18-12-11-13-19-41)63-46-21-15-14-20-42(46)24-28-58(63)71(69)45-26-27-48-47-22-16-17-23-52(47)68(9,10)53(48)35-45/h11-29,32-39H,30-31H2,1-10H3. The molecule has 3 nitrogen and oxygen atoms in total. The molecule has 0 saturated carbocycles. The second-order valence-electron chi connectivity index (χ2n) is 24.4. The molecule has 0 fully saturated rings. The van der Waals surface area contributed by atoms with Crippen LogP contribution in [0.15, 0.2) is 168 Å². The fourth-order valence-electron chi connectivity index (χ4n) is 13.6. The fourth-order valence-corrected chi connectivity index (χ4v) is 13.6. The van der Waals surface area contributed by atoms with Crippen molar-refractivity contribution >= 4 is 78.9 Å². The largest absolute Gasteiger partial charge is 0.456 e. The first-order valence-electron chi connectivity index (χ1n) is 26.2. The van der Waals surface area contributed by atoms with Gasteiger partial charge in [-0.15, -0.1) is 0 Å². The highest BCUT2D eigenvalue weighted by Gasteiger charge is 2.48. The summed E-state index contributed by atoms with van der Waals surface area (Å²) in [6, 6.07) is 63.1. The second-order valence-corrected chi connectivity index (χ2v) is 24.4. The number of benzene rings is 9. The Balaban J connectivity index is 1.13. The molecule has 4 heteroatoms. The fraction of sp³-hybridized carbons (Fsp3) is 0.235. The average molecular weight is 933 g/mol. The SMILES string of the molecule is Cc1cc(C(C)(C)C)ccc1N1c2cc3oc4cc5c(cc4c3cc2B2c3c(cc(-c4ccccc4)cc31)-c1c(ccc3ccccc13)N2c1ccc2c(c1)C(C)(C)c1ccccc1-2)C(C)(C)CCC5(C)C. The highest BCUT2D eigenvalue weighted by molar-refractivity contribution is 6.94. The van der Waals surface area contributed by atoms with Crippen molar-refractivity contribution < 1.29 is 4.42 Å². The van der Waals surface area contributed by atoms with Gasteiger partial charge in [-0.1, -0.05) is 172 Å². The molecule has 14 rings (SSSR count). The minimum absolute atomic E-state index is 0.000376. The van der Waals surface area contributed by atoms with Crippen molar-refractivity contribution in [2.24, 2.45) is 0 Å². The summed E-state index contributed by atoms with van der Waals surface area (Å²) < 4.78 is 7.19. The van der Waals surface area contributed by atoms with Gasteiger partial charge >= 0.3 is 6.85 Å². The molecule has 0 amide bonds. The van der Waals surface area contributed by atoms with Crippen LogP contribution in [-0.4, -0.2) is 6.85 Å². The van der Waals surface area contributed by atoms with Crippen molar-refractivity contribution in [2.45, 2.75) is 104 Å². The highest BCUT2D eigenvalue weighted by atomic mass is 16.3. The predicted molar refractivity (Wildman–Crippen MR) is 307 cm³/mol. The minimum atomic E-state index is -0.179. The van der Waals surface area contributed by atoms with Crippen molar-refractivity contribution in [3.05, 3.63) is 197 Å². The van der Waals surface area contributed by atoms with Crippen molar-refractivity contribution in [3.8, 4) is 33.4 Å². The molecule has 0 spiro atoms. The van der Waals surface area contributed by atoms with E-state index in [1.54, 1.807) is 0 Å². The van der Waals surface area contributed by atoms with Gasteiger partial charge in [-0.2, -0.15) is 0 Å². The van der Waals surface area contributed by atoms with Crippen LogP contribution in [0.2, 0.25) is 0 Å². The first-order chi connectivity index (χ1) is 34.5. The number of hydrogen-bond donors (Lipinski definition) is 0. The van der Waals surface area contributed by atoms with Crippen LogP contribution in [0.3, 0.4) is 0 Å². The highest BCUT2D eigenvalue weighted by Crippen LogP contribution is 2.55. The van der Waals surface area contributed by atoms with Crippen molar-refractivity contribution in [3.63, 3.8) is 0 Å². The quantitative estimate of drug-likeness (QED) is 0.165. The molecule has 2 aliphatic carbocycles. The predicted octanol–water partition coefficient (Wildman–Crippen LogP) is 17.4. The number of anilines is 5. The maximum Gasteiger partial charge on any atom is 0.333 e. The smallest absolute Gasteiger partial charge is 0.333 e. The monoisotopic (exact) mass is 932 g/mol. The Hall–Kier alpha value is -7.30. The van der Waals surface area contributed by atoms with Crippen LogP contribution >= 0.6 is 0 Å². The van der Waals surface area contributed by atoms with E-state index in [0.717, 1.165) is 29.7 Å². The molecule has 3 heterocycles. The van der Waals surface area contributed by atoms with Gasteiger partial charge in [-0.05, 0) is 167 Å². The van der Waals surface area contributed by atoms with E-state index in [4.69, 9.17) is 4.42 Å². The Kier molecular flexibility index (Phi) is 8.86. The van der Waals surface area contributed by atoms with Gasteiger partial charge in [0.15, 0.2) is 0 Å². The van der Waals surface area contributed by atoms with E-state index in [1.165, 1.54) is 122 Å². The lowest BCUT2D eigenvalue weighted by molar-refractivity contribution is 0.332. The second kappa shape index (κ2) is 14.7. The van der Waals surface area contributed by atoms with Crippen LogP contribution in [0, 0.1) is 6.92 Å². The summed E-state index contributed by atoms with van der Waals surface area (Å²) in [6.07, 6.45) is 2.31. The van der Waals surface area contributed by atoms with Gasteiger partial charge in [0.05, 0.1) is 0 Å². The zero-order chi connectivity index (χ0) is 49.4. The van der Waals surface area contributed by atoms with E-state index in [2.05, 4.69) is 243 Å². The molecule has 0 unspecified atom stereocenters. The summed E-state index contributed by atoms with van der Waals surface area (Å²) in [7, 11) is 0. The molecule has 352 valence electrons. The normalized spacial score (nSPS) is 16.6. The molecule has 4 aliphatic rings. The van der Waals surface area contributed by atoms with Gasteiger partial charge in [0, 0.05) is 56.3 Å². The van der Waals surface area contributed by atoms with Gasteiger partial charge in [0.1, 0.15) is 11.2 Å². The molecule has 72 heavy (non-hydrogen) atoms. The van der Waals surface area contributed by atoms with Gasteiger partial charge in [0.2, 0.25) is 0 Å². The molecule has 0 N–H and O–H groups in total. The Morgan fingerprint density at radius 1 is 0.500 bits per heavy atom. The Morgan fingerprint density at radius 2 is 1.18 bits per heavy atom. The van der Waals surface area contributed by atoms with Gasteiger partial charge in [0.25, 0.3) is 0 Å². The molecule has 0 saturated heterocycles. The van der Waals surface area contributed by atoms with Crippen molar-refractivity contribution in [1.82, 2.24) is 0 Å². The molecular formula is C68H61BN2O. The number of aryl methyl sites for hydroxylation is 1. The van der Waals surface area contributed by atoms with Crippen LogP contribution in [-0.2, 0) is 21.7 Å². The Morgan fingerprint density at radius 3 is 1.96 bits per heavy atom. The molecule has 9 aromatic carbocycles. The number of nitrogens with zero attached hydrogens (tertiary/aromatic N) is 2. The Bertz CT molecular complexity index is 3980. The van der Waals surface area contributed by atoms with Crippen molar-refractivity contribution in [2.75, 3.05) is 9.71 Å². The van der Waals surface area contributed by atoms with Crippen LogP contribution in [0.4, 0.5) is 28.4 Å². The van der Waals surface area contributed by atoms with Crippen LogP contribution in [0.5, 0.6) is 0 Å².